The van der Waals surface area contributed by atoms with Gasteiger partial charge in [-0.05, 0) is 17.7 Å². The number of nitrogens with one attached hydrogen (secondary N) is 1. The molecule has 0 atom stereocenters. The molecule has 1 N–H and O–H groups in total. The summed E-state index contributed by atoms with van der Waals surface area (Å²) in [5.41, 5.74) is 3.52. The maximum atomic E-state index is 12.7. The number of pyridine rings is 2. The van der Waals surface area contributed by atoms with Crippen molar-refractivity contribution in [1.82, 2.24) is 24.7 Å². The summed E-state index contributed by atoms with van der Waals surface area (Å²) in [4.78, 5) is 25.9. The van der Waals surface area contributed by atoms with Gasteiger partial charge in [0, 0.05) is 17.0 Å². The zero-order chi connectivity index (χ0) is 21.2. The Morgan fingerprint density at radius 1 is 1.03 bits per heavy atom. The summed E-state index contributed by atoms with van der Waals surface area (Å²) < 4.78 is 1.59. The normalized spacial score (nSPS) is 11.0. The van der Waals surface area contributed by atoms with Crippen LogP contribution in [0, 0.1) is 0 Å². The van der Waals surface area contributed by atoms with E-state index in [1.165, 1.54) is 17.5 Å². The van der Waals surface area contributed by atoms with Crippen LogP contribution in [0.5, 0.6) is 0 Å². The van der Waals surface area contributed by atoms with E-state index in [4.69, 9.17) is 11.6 Å². The van der Waals surface area contributed by atoms with Gasteiger partial charge in [0.05, 0.1) is 35.7 Å². The Balaban J connectivity index is 1.33. The van der Waals surface area contributed by atoms with Crippen molar-refractivity contribution in [1.29, 1.82) is 0 Å². The fourth-order valence-electron chi connectivity index (χ4n) is 3.11. The Morgan fingerprint density at radius 3 is 2.77 bits per heavy atom. The van der Waals surface area contributed by atoms with Crippen LogP contribution in [0.1, 0.15) is 15.9 Å². The second kappa shape index (κ2) is 8.25. The van der Waals surface area contributed by atoms with Crippen LogP contribution < -0.4 is 5.32 Å². The van der Waals surface area contributed by atoms with Gasteiger partial charge >= 0.3 is 0 Å². The van der Waals surface area contributed by atoms with Crippen LogP contribution in [0.25, 0.3) is 22.3 Å². The Kier molecular flexibility index (Phi) is 5.15. The molecule has 0 fully saturated rings. The average Bonchev–Trinajstić information content (AvgIpc) is 3.41. The van der Waals surface area contributed by atoms with E-state index < -0.39 is 0 Å². The number of thiazole rings is 1. The maximum Gasteiger partial charge on any atom is 0.262 e. The van der Waals surface area contributed by atoms with Gasteiger partial charge in [0.1, 0.15) is 10.8 Å². The predicted molar refractivity (Wildman–Crippen MR) is 121 cm³/mol. The molecule has 1 aromatic carbocycles. The fraction of sp³-hybridized carbons (Fsp3) is 0.0455. The van der Waals surface area contributed by atoms with Crippen molar-refractivity contribution in [3.63, 3.8) is 0 Å². The quantitative estimate of drug-likeness (QED) is 0.415. The van der Waals surface area contributed by atoms with E-state index in [1.807, 2.05) is 53.9 Å². The van der Waals surface area contributed by atoms with Crippen LogP contribution >= 0.6 is 22.9 Å². The summed E-state index contributed by atoms with van der Waals surface area (Å²) in [6.45, 7) is 0.483. The molecule has 0 unspecified atom stereocenters. The predicted octanol–water partition coefficient (Wildman–Crippen LogP) is 4.90. The number of carbonyl (C=O) groups is 1. The topological polar surface area (TPSA) is 85.6 Å². The Bertz CT molecular complexity index is 1380. The largest absolute Gasteiger partial charge is 0.298 e. The number of carbonyl (C=O) groups excluding carboxylic acids is 1. The van der Waals surface area contributed by atoms with Gasteiger partial charge in [-0.1, -0.05) is 48.0 Å². The number of halogens is 1. The molecule has 9 heteroatoms. The molecule has 0 aliphatic rings. The van der Waals surface area contributed by atoms with Crippen LogP contribution in [-0.4, -0.2) is 30.6 Å². The summed E-state index contributed by atoms with van der Waals surface area (Å²) in [6.07, 6.45) is 4.91. The molecule has 0 bridgehead atoms. The monoisotopic (exact) mass is 446 g/mol. The maximum absolute atomic E-state index is 12.7. The first-order valence-electron chi connectivity index (χ1n) is 9.40. The first-order valence-corrected chi connectivity index (χ1v) is 10.7. The number of benzene rings is 1. The minimum absolute atomic E-state index is 0.279. The summed E-state index contributed by atoms with van der Waals surface area (Å²) in [5.74, 6) is -0.360. The zero-order valence-electron chi connectivity index (χ0n) is 16.1. The Labute approximate surface area is 186 Å². The minimum Gasteiger partial charge on any atom is -0.298 e. The third-order valence-electron chi connectivity index (χ3n) is 4.68. The second-order valence-electron chi connectivity index (χ2n) is 6.75. The standard InChI is InChI=1S/C22H15ClN6OS/c23-20-16(10-25-29(20)12-14-4-2-1-3-5-14)21(30)28-22-27-19(13-31-22)17-7-6-15-8-9-24-11-18(15)26-17/h1-11,13H,12H2,(H,27,28,30). The molecule has 4 aromatic heterocycles. The van der Waals surface area contributed by atoms with Crippen molar-refractivity contribution in [3.8, 4) is 11.4 Å². The van der Waals surface area contributed by atoms with E-state index in [-0.39, 0.29) is 11.1 Å². The lowest BCUT2D eigenvalue weighted by molar-refractivity contribution is 0.102. The molecule has 7 nitrogen and oxygen atoms in total. The summed E-state index contributed by atoms with van der Waals surface area (Å²) in [6, 6.07) is 15.6. The van der Waals surface area contributed by atoms with Crippen LogP contribution in [0.3, 0.4) is 0 Å². The third kappa shape index (κ3) is 4.03. The van der Waals surface area contributed by atoms with Crippen LogP contribution in [0.2, 0.25) is 5.15 Å². The molecule has 31 heavy (non-hydrogen) atoms. The molecular formula is C22H15ClN6OS. The van der Waals surface area contributed by atoms with Crippen molar-refractivity contribution in [2.75, 3.05) is 5.32 Å². The molecule has 0 saturated heterocycles. The first kappa shape index (κ1) is 19.3. The van der Waals surface area contributed by atoms with Gasteiger partial charge in [0.15, 0.2) is 5.13 Å². The third-order valence-corrected chi connectivity index (χ3v) is 5.83. The molecule has 0 aliphatic carbocycles. The van der Waals surface area contributed by atoms with Crippen LogP contribution in [0.15, 0.2) is 72.5 Å². The Morgan fingerprint density at radius 2 is 1.90 bits per heavy atom. The van der Waals surface area contributed by atoms with Gasteiger partial charge in [-0.25, -0.2) is 14.6 Å². The smallest absolute Gasteiger partial charge is 0.262 e. The second-order valence-corrected chi connectivity index (χ2v) is 7.97. The van der Waals surface area contributed by atoms with Gasteiger partial charge in [-0.3, -0.25) is 15.1 Å². The molecule has 4 heterocycles. The molecule has 5 aromatic rings. The molecule has 152 valence electrons. The first-order chi connectivity index (χ1) is 15.2. The molecule has 0 aliphatic heterocycles. The lowest BCUT2D eigenvalue weighted by atomic mass is 10.2. The molecule has 5 rings (SSSR count). The number of fused-ring (bicyclic) bond motifs is 1. The Hall–Kier alpha value is -3.62. The lowest BCUT2D eigenvalue weighted by Gasteiger charge is -2.04. The van der Waals surface area contributed by atoms with E-state index in [2.05, 4.69) is 25.4 Å². The highest BCUT2D eigenvalue weighted by Crippen LogP contribution is 2.26. The van der Waals surface area contributed by atoms with E-state index in [1.54, 1.807) is 17.1 Å². The van der Waals surface area contributed by atoms with Gasteiger partial charge in [-0.2, -0.15) is 5.10 Å². The van der Waals surface area contributed by atoms with E-state index in [0.717, 1.165) is 16.5 Å². The average molecular weight is 447 g/mol. The van der Waals surface area contributed by atoms with Crippen molar-refractivity contribution in [2.45, 2.75) is 6.54 Å². The number of hydrogen-bond acceptors (Lipinski definition) is 6. The van der Waals surface area contributed by atoms with Gasteiger partial charge < -0.3 is 0 Å². The van der Waals surface area contributed by atoms with Crippen LogP contribution in [-0.2, 0) is 6.54 Å². The molecule has 0 saturated carbocycles. The highest BCUT2D eigenvalue weighted by molar-refractivity contribution is 7.14. The number of anilines is 1. The summed E-state index contributed by atoms with van der Waals surface area (Å²) in [5, 5.41) is 10.6. The van der Waals surface area contributed by atoms with Gasteiger partial charge in [0.2, 0.25) is 0 Å². The molecule has 0 spiro atoms. The van der Waals surface area contributed by atoms with Crippen LogP contribution in [0.4, 0.5) is 5.13 Å². The van der Waals surface area contributed by atoms with E-state index >= 15 is 0 Å². The number of hydrogen-bond donors (Lipinski definition) is 1. The van der Waals surface area contributed by atoms with E-state index in [0.29, 0.717) is 28.6 Å². The lowest BCUT2D eigenvalue weighted by Crippen LogP contribution is -2.12. The zero-order valence-corrected chi connectivity index (χ0v) is 17.6. The SMILES string of the molecule is O=C(Nc1nc(-c2ccc3ccncc3n2)cs1)c1cnn(Cc2ccccc2)c1Cl. The minimum atomic E-state index is -0.360. The molecular weight excluding hydrogens is 432 g/mol. The van der Waals surface area contributed by atoms with Crippen molar-refractivity contribution in [2.24, 2.45) is 0 Å². The molecule has 1 amide bonds. The molecule has 0 radical (unpaired) electrons. The highest BCUT2D eigenvalue weighted by atomic mass is 35.5. The van der Waals surface area contributed by atoms with E-state index in [9.17, 15) is 4.79 Å². The van der Waals surface area contributed by atoms with Crippen molar-refractivity contribution < 1.29 is 4.79 Å². The highest BCUT2D eigenvalue weighted by Gasteiger charge is 2.18. The fourth-order valence-corrected chi connectivity index (χ4v) is 4.05. The number of nitrogens with zero attached hydrogens (tertiary/aromatic N) is 5. The van der Waals surface area contributed by atoms with Gasteiger partial charge in [-0.15, -0.1) is 11.3 Å². The van der Waals surface area contributed by atoms with Crippen molar-refractivity contribution >= 4 is 44.9 Å². The summed E-state index contributed by atoms with van der Waals surface area (Å²) >= 11 is 7.72. The van der Waals surface area contributed by atoms with Crippen molar-refractivity contribution in [3.05, 3.63) is 88.8 Å². The number of rotatable bonds is 5. The number of aromatic nitrogens is 5. The summed E-state index contributed by atoms with van der Waals surface area (Å²) in [7, 11) is 0. The number of amides is 1. The van der Waals surface area contributed by atoms with Gasteiger partial charge in [0.25, 0.3) is 5.91 Å².